The van der Waals surface area contributed by atoms with Crippen molar-refractivity contribution in [1.29, 1.82) is 0 Å². The van der Waals surface area contributed by atoms with E-state index in [-0.39, 0.29) is 24.4 Å². The number of hydrogen-bond acceptors (Lipinski definition) is 3. The average Bonchev–Trinajstić information content (AvgIpc) is 2.62. The third kappa shape index (κ3) is 5.55. The first-order chi connectivity index (χ1) is 11.3. The molecule has 2 aromatic carbocycles. The molecule has 5 heteroatoms. The molecule has 0 aromatic heterocycles. The Balaban J connectivity index is 0.00000208. The molecular formula is C19H23ClN2OS. The lowest BCUT2D eigenvalue weighted by atomic mass is 10.1. The zero-order chi connectivity index (χ0) is 15.9. The van der Waals surface area contributed by atoms with Gasteiger partial charge in [0.15, 0.2) is 0 Å². The summed E-state index contributed by atoms with van der Waals surface area (Å²) < 4.78 is 0. The van der Waals surface area contributed by atoms with Gasteiger partial charge in [-0.1, -0.05) is 30.3 Å². The van der Waals surface area contributed by atoms with Gasteiger partial charge in [0.2, 0.25) is 0 Å². The van der Waals surface area contributed by atoms with Crippen LogP contribution in [0.1, 0.15) is 28.8 Å². The van der Waals surface area contributed by atoms with Crippen LogP contribution in [-0.2, 0) is 5.75 Å². The zero-order valence-electron chi connectivity index (χ0n) is 13.5. The zero-order valence-corrected chi connectivity index (χ0v) is 15.2. The molecule has 0 unspecified atom stereocenters. The van der Waals surface area contributed by atoms with Gasteiger partial charge < -0.3 is 10.6 Å². The third-order valence-electron chi connectivity index (χ3n) is 4.00. The SMILES string of the molecule is Cl.O=C(N[C@H]1CCCNC1)c1ccc(SCc2ccccc2)cc1. The number of halogens is 1. The number of piperidine rings is 1. The Hall–Kier alpha value is -1.49. The van der Waals surface area contributed by atoms with Crippen molar-refractivity contribution >= 4 is 30.1 Å². The maximum absolute atomic E-state index is 12.3. The Morgan fingerprint density at radius 3 is 2.54 bits per heavy atom. The van der Waals surface area contributed by atoms with Crippen LogP contribution in [0.3, 0.4) is 0 Å². The summed E-state index contributed by atoms with van der Waals surface area (Å²) in [5.74, 6) is 0.971. The van der Waals surface area contributed by atoms with E-state index in [0.717, 1.165) is 37.2 Å². The highest BCUT2D eigenvalue weighted by atomic mass is 35.5. The van der Waals surface area contributed by atoms with Gasteiger partial charge in [-0.25, -0.2) is 0 Å². The molecule has 2 N–H and O–H groups in total. The number of amides is 1. The predicted molar refractivity (Wildman–Crippen MR) is 103 cm³/mol. The van der Waals surface area contributed by atoms with E-state index in [1.165, 1.54) is 10.5 Å². The van der Waals surface area contributed by atoms with Crippen LogP contribution in [0.25, 0.3) is 0 Å². The lowest BCUT2D eigenvalue weighted by Gasteiger charge is -2.23. The smallest absolute Gasteiger partial charge is 0.251 e. The molecule has 0 bridgehead atoms. The average molecular weight is 363 g/mol. The predicted octanol–water partition coefficient (Wildman–Crippen LogP) is 3.88. The third-order valence-corrected chi connectivity index (χ3v) is 5.08. The summed E-state index contributed by atoms with van der Waals surface area (Å²) in [7, 11) is 0. The molecule has 128 valence electrons. The van der Waals surface area contributed by atoms with Gasteiger partial charge in [-0.15, -0.1) is 24.2 Å². The quantitative estimate of drug-likeness (QED) is 0.793. The second-order valence-corrected chi connectivity index (χ2v) is 6.86. The first kappa shape index (κ1) is 18.8. The molecule has 1 aliphatic rings. The van der Waals surface area contributed by atoms with Gasteiger partial charge in [-0.3, -0.25) is 4.79 Å². The van der Waals surface area contributed by atoms with Crippen molar-refractivity contribution in [2.24, 2.45) is 0 Å². The van der Waals surface area contributed by atoms with Gasteiger partial charge in [0.25, 0.3) is 5.91 Å². The molecule has 1 aliphatic heterocycles. The molecule has 0 aliphatic carbocycles. The largest absolute Gasteiger partial charge is 0.348 e. The number of benzene rings is 2. The lowest BCUT2D eigenvalue weighted by Crippen LogP contribution is -2.45. The lowest BCUT2D eigenvalue weighted by molar-refractivity contribution is 0.0930. The van der Waals surface area contributed by atoms with Crippen molar-refractivity contribution in [3.05, 3.63) is 65.7 Å². The van der Waals surface area contributed by atoms with Crippen molar-refractivity contribution in [3.63, 3.8) is 0 Å². The summed E-state index contributed by atoms with van der Waals surface area (Å²) >= 11 is 1.79. The molecule has 3 rings (SSSR count). The summed E-state index contributed by atoms with van der Waals surface area (Å²) in [6, 6.07) is 18.6. The minimum Gasteiger partial charge on any atom is -0.348 e. The molecule has 24 heavy (non-hydrogen) atoms. The molecule has 1 amide bonds. The van der Waals surface area contributed by atoms with Gasteiger partial charge >= 0.3 is 0 Å². The molecule has 3 nitrogen and oxygen atoms in total. The van der Waals surface area contributed by atoms with E-state index in [1.807, 2.05) is 30.3 Å². The van der Waals surface area contributed by atoms with E-state index in [1.54, 1.807) is 11.8 Å². The van der Waals surface area contributed by atoms with Gasteiger partial charge in [0.05, 0.1) is 0 Å². The maximum atomic E-state index is 12.3. The highest BCUT2D eigenvalue weighted by molar-refractivity contribution is 7.98. The van der Waals surface area contributed by atoms with Crippen molar-refractivity contribution in [2.75, 3.05) is 13.1 Å². The second-order valence-electron chi connectivity index (χ2n) is 5.82. The summed E-state index contributed by atoms with van der Waals surface area (Å²) in [4.78, 5) is 13.4. The van der Waals surface area contributed by atoms with E-state index >= 15 is 0 Å². The van der Waals surface area contributed by atoms with Crippen molar-refractivity contribution < 1.29 is 4.79 Å². The highest BCUT2D eigenvalue weighted by Gasteiger charge is 2.16. The van der Waals surface area contributed by atoms with Crippen LogP contribution in [0.15, 0.2) is 59.5 Å². The van der Waals surface area contributed by atoms with E-state index in [0.29, 0.717) is 0 Å². The van der Waals surface area contributed by atoms with Crippen LogP contribution in [-0.4, -0.2) is 25.0 Å². The van der Waals surface area contributed by atoms with Crippen molar-refractivity contribution in [2.45, 2.75) is 29.5 Å². The first-order valence-electron chi connectivity index (χ1n) is 8.09. The van der Waals surface area contributed by atoms with Crippen LogP contribution in [0.5, 0.6) is 0 Å². The Labute approximate surface area is 154 Å². The molecule has 0 radical (unpaired) electrons. The Kier molecular flexibility index (Phi) is 7.63. The molecule has 1 atom stereocenters. The number of thioether (sulfide) groups is 1. The highest BCUT2D eigenvalue weighted by Crippen LogP contribution is 2.23. The topological polar surface area (TPSA) is 41.1 Å². The molecule has 0 saturated carbocycles. The number of nitrogens with one attached hydrogen (secondary N) is 2. The standard InChI is InChI=1S/C19H22N2OS.ClH/c22-19(21-17-7-4-12-20-13-17)16-8-10-18(11-9-16)23-14-15-5-2-1-3-6-15;/h1-3,5-6,8-11,17,20H,4,7,12-14H2,(H,21,22);1H/t17-;/m0./s1. The molecule has 2 aromatic rings. The van der Waals surface area contributed by atoms with E-state index < -0.39 is 0 Å². The number of rotatable bonds is 5. The normalized spacial score (nSPS) is 16.9. The molecular weight excluding hydrogens is 340 g/mol. The monoisotopic (exact) mass is 362 g/mol. The maximum Gasteiger partial charge on any atom is 0.251 e. The van der Waals surface area contributed by atoms with Gasteiger partial charge in [0, 0.05) is 28.8 Å². The molecule has 1 fully saturated rings. The van der Waals surface area contributed by atoms with Crippen LogP contribution in [0, 0.1) is 0 Å². The van der Waals surface area contributed by atoms with Crippen molar-refractivity contribution in [1.82, 2.24) is 10.6 Å². The van der Waals surface area contributed by atoms with Crippen LogP contribution < -0.4 is 10.6 Å². The second kappa shape index (κ2) is 9.72. The summed E-state index contributed by atoms with van der Waals surface area (Å²) in [5.41, 5.74) is 2.05. The van der Waals surface area contributed by atoms with Crippen molar-refractivity contribution in [3.8, 4) is 0 Å². The Morgan fingerprint density at radius 1 is 1.12 bits per heavy atom. The Bertz CT molecular complexity index is 628. The van der Waals surface area contributed by atoms with E-state index in [4.69, 9.17) is 0 Å². The number of carbonyl (C=O) groups excluding carboxylic acids is 1. The van der Waals surface area contributed by atoms with Crippen LogP contribution >= 0.6 is 24.2 Å². The minimum absolute atomic E-state index is 0. The molecule has 0 spiro atoms. The molecule has 1 heterocycles. The van der Waals surface area contributed by atoms with Crippen LogP contribution in [0.4, 0.5) is 0 Å². The summed E-state index contributed by atoms with van der Waals surface area (Å²) in [6.07, 6.45) is 2.18. The number of carbonyl (C=O) groups is 1. The minimum atomic E-state index is 0. The fraction of sp³-hybridized carbons (Fsp3) is 0.316. The number of hydrogen-bond donors (Lipinski definition) is 2. The molecule has 1 saturated heterocycles. The van der Waals surface area contributed by atoms with Crippen LogP contribution in [0.2, 0.25) is 0 Å². The fourth-order valence-corrected chi connectivity index (χ4v) is 3.54. The fourth-order valence-electron chi connectivity index (χ4n) is 2.69. The first-order valence-corrected chi connectivity index (χ1v) is 9.08. The Morgan fingerprint density at radius 2 is 1.88 bits per heavy atom. The van der Waals surface area contributed by atoms with Gasteiger partial charge in [-0.2, -0.15) is 0 Å². The van der Waals surface area contributed by atoms with Gasteiger partial charge in [0.1, 0.15) is 0 Å². The van der Waals surface area contributed by atoms with E-state index in [2.05, 4.69) is 34.9 Å². The van der Waals surface area contributed by atoms with E-state index in [9.17, 15) is 4.79 Å². The van der Waals surface area contributed by atoms with Gasteiger partial charge in [-0.05, 0) is 49.2 Å². The summed E-state index contributed by atoms with van der Waals surface area (Å²) in [5, 5.41) is 6.42. The summed E-state index contributed by atoms with van der Waals surface area (Å²) in [6.45, 7) is 1.93.